The van der Waals surface area contributed by atoms with E-state index in [1.807, 2.05) is 12.4 Å². The standard InChI is InChI=1S/C27H32FN5O2S/c1-4-20(2)29-25-10-9-23(32-13-11-27(12-14-32)34-15-16-35-27)17-33(25)19-31(3)26-30-24(18-36-26)21-5-7-22(28)8-6-21/h5-10,17-18H,2,4,11-16,19H2,1,3H3/b29-25-. The summed E-state index contributed by atoms with van der Waals surface area (Å²) in [5.74, 6) is -0.645. The number of thiazole rings is 1. The predicted octanol–water partition coefficient (Wildman–Crippen LogP) is 5.01. The lowest BCUT2D eigenvalue weighted by Crippen LogP contribution is -2.45. The lowest BCUT2D eigenvalue weighted by atomic mass is 10.0. The second-order valence-electron chi connectivity index (χ2n) is 9.20. The molecule has 2 saturated heterocycles. The predicted molar refractivity (Wildman–Crippen MR) is 141 cm³/mol. The third kappa shape index (κ3) is 5.38. The first-order chi connectivity index (χ1) is 17.4. The minimum atomic E-state index is -0.395. The van der Waals surface area contributed by atoms with Crippen LogP contribution in [0.15, 0.2) is 65.2 Å². The molecule has 7 nitrogen and oxygen atoms in total. The number of nitrogens with zero attached hydrogens (tertiary/aromatic N) is 5. The van der Waals surface area contributed by atoms with Gasteiger partial charge >= 0.3 is 0 Å². The lowest BCUT2D eigenvalue weighted by Gasteiger charge is -2.38. The Kier molecular flexibility index (Phi) is 7.22. The van der Waals surface area contributed by atoms with E-state index in [4.69, 9.17) is 19.5 Å². The highest BCUT2D eigenvalue weighted by molar-refractivity contribution is 7.14. The average Bonchev–Trinajstić information content (AvgIpc) is 3.56. The number of hydrogen-bond acceptors (Lipinski definition) is 7. The number of aromatic nitrogens is 2. The van der Waals surface area contributed by atoms with Gasteiger partial charge in [0.2, 0.25) is 0 Å². The van der Waals surface area contributed by atoms with Gasteiger partial charge in [-0.1, -0.05) is 13.5 Å². The Morgan fingerprint density at radius 1 is 1.17 bits per heavy atom. The molecule has 0 N–H and O–H groups in total. The summed E-state index contributed by atoms with van der Waals surface area (Å²) in [6.07, 6.45) is 4.66. The maximum Gasteiger partial charge on any atom is 0.187 e. The van der Waals surface area contributed by atoms with Gasteiger partial charge in [-0.05, 0) is 42.8 Å². The van der Waals surface area contributed by atoms with Gasteiger partial charge in [0.25, 0.3) is 0 Å². The molecule has 2 aliphatic rings. The summed E-state index contributed by atoms with van der Waals surface area (Å²) >= 11 is 1.56. The molecular formula is C27H32FN5O2S. The average molecular weight is 510 g/mol. The van der Waals surface area contributed by atoms with Crippen molar-refractivity contribution in [2.45, 2.75) is 38.6 Å². The monoisotopic (exact) mass is 509 g/mol. The third-order valence-corrected chi connectivity index (χ3v) is 7.65. The molecule has 2 aliphatic heterocycles. The van der Waals surface area contributed by atoms with Crippen LogP contribution in [-0.4, -0.2) is 48.7 Å². The van der Waals surface area contributed by atoms with Crippen LogP contribution in [0.3, 0.4) is 0 Å². The van der Waals surface area contributed by atoms with Crippen LogP contribution in [0.4, 0.5) is 15.2 Å². The molecule has 9 heteroatoms. The molecule has 0 radical (unpaired) electrons. The van der Waals surface area contributed by atoms with E-state index in [9.17, 15) is 4.39 Å². The summed E-state index contributed by atoms with van der Waals surface area (Å²) in [5.41, 5.74) is 4.56. The van der Waals surface area contributed by atoms with Crippen LogP contribution in [0.25, 0.3) is 11.3 Å². The number of rotatable bonds is 7. The summed E-state index contributed by atoms with van der Waals surface area (Å²) in [5, 5.41) is 2.88. The smallest absolute Gasteiger partial charge is 0.187 e. The maximum absolute atomic E-state index is 13.3. The molecular weight excluding hydrogens is 477 g/mol. The first-order valence-corrected chi connectivity index (χ1v) is 13.2. The van der Waals surface area contributed by atoms with Crippen molar-refractivity contribution in [2.75, 3.05) is 43.2 Å². The molecule has 1 spiro atoms. The van der Waals surface area contributed by atoms with E-state index in [2.05, 4.69) is 46.2 Å². The highest BCUT2D eigenvalue weighted by Crippen LogP contribution is 2.33. The largest absolute Gasteiger partial charge is 0.370 e. The second kappa shape index (κ2) is 10.5. The molecule has 0 bridgehead atoms. The minimum Gasteiger partial charge on any atom is -0.370 e. The van der Waals surface area contributed by atoms with Gasteiger partial charge in [-0.2, -0.15) is 0 Å². The van der Waals surface area contributed by atoms with Gasteiger partial charge in [-0.25, -0.2) is 14.4 Å². The van der Waals surface area contributed by atoms with Gasteiger partial charge < -0.3 is 23.8 Å². The molecule has 190 valence electrons. The number of halogens is 1. The molecule has 0 aliphatic carbocycles. The molecule has 0 saturated carbocycles. The summed E-state index contributed by atoms with van der Waals surface area (Å²) in [4.78, 5) is 14.0. The molecule has 1 aromatic carbocycles. The highest BCUT2D eigenvalue weighted by Gasteiger charge is 2.39. The zero-order chi connectivity index (χ0) is 25.1. The molecule has 2 fully saturated rings. The molecule has 36 heavy (non-hydrogen) atoms. The third-order valence-electron chi connectivity index (χ3n) is 6.69. The topological polar surface area (TPSA) is 55.1 Å². The lowest BCUT2D eigenvalue weighted by molar-refractivity contribution is -0.169. The van der Waals surface area contributed by atoms with Gasteiger partial charge in [0.15, 0.2) is 10.9 Å². The molecule has 0 unspecified atom stereocenters. The number of anilines is 2. The Bertz CT molecular complexity index is 1270. The van der Waals surface area contributed by atoms with E-state index < -0.39 is 5.79 Å². The zero-order valence-corrected chi connectivity index (χ0v) is 21.6. The van der Waals surface area contributed by atoms with Crippen LogP contribution >= 0.6 is 11.3 Å². The van der Waals surface area contributed by atoms with Crippen molar-refractivity contribution in [1.82, 2.24) is 9.55 Å². The number of hydrogen-bond donors (Lipinski definition) is 0. The Morgan fingerprint density at radius 2 is 1.89 bits per heavy atom. The molecule has 0 atom stereocenters. The van der Waals surface area contributed by atoms with E-state index >= 15 is 0 Å². The first-order valence-electron chi connectivity index (χ1n) is 12.3. The van der Waals surface area contributed by atoms with Crippen LogP contribution < -0.4 is 15.3 Å². The van der Waals surface area contributed by atoms with E-state index in [-0.39, 0.29) is 5.82 Å². The molecule has 5 rings (SSSR count). The summed E-state index contributed by atoms with van der Waals surface area (Å²) in [7, 11) is 2.02. The molecule has 4 heterocycles. The Hall–Kier alpha value is -3.01. The van der Waals surface area contributed by atoms with Crippen molar-refractivity contribution in [3.63, 3.8) is 0 Å². The van der Waals surface area contributed by atoms with Gasteiger partial charge in [-0.15, -0.1) is 11.3 Å². The zero-order valence-electron chi connectivity index (χ0n) is 20.8. The van der Waals surface area contributed by atoms with Crippen molar-refractivity contribution in [2.24, 2.45) is 4.99 Å². The Balaban J connectivity index is 1.37. The summed E-state index contributed by atoms with van der Waals surface area (Å²) < 4.78 is 27.2. The quantitative estimate of drug-likeness (QED) is 0.448. The van der Waals surface area contributed by atoms with Crippen LogP contribution in [0, 0.1) is 5.82 Å². The molecule has 0 amide bonds. The van der Waals surface area contributed by atoms with Crippen LogP contribution in [-0.2, 0) is 16.1 Å². The first kappa shape index (κ1) is 24.7. The highest BCUT2D eigenvalue weighted by atomic mass is 32.1. The van der Waals surface area contributed by atoms with E-state index in [1.165, 1.54) is 12.1 Å². The molecule has 3 aromatic rings. The van der Waals surface area contributed by atoms with Gasteiger partial charge in [-0.3, -0.25) is 0 Å². The fourth-order valence-electron chi connectivity index (χ4n) is 4.54. The maximum atomic E-state index is 13.3. The Labute approximate surface area is 215 Å². The van der Waals surface area contributed by atoms with Gasteiger partial charge in [0.1, 0.15) is 11.3 Å². The second-order valence-corrected chi connectivity index (χ2v) is 10.0. The van der Waals surface area contributed by atoms with Crippen molar-refractivity contribution >= 4 is 22.2 Å². The van der Waals surface area contributed by atoms with Crippen LogP contribution in [0.1, 0.15) is 26.2 Å². The number of benzene rings is 1. The van der Waals surface area contributed by atoms with Crippen molar-refractivity contribution < 1.29 is 13.9 Å². The van der Waals surface area contributed by atoms with Crippen LogP contribution in [0.2, 0.25) is 0 Å². The normalized spacial score (nSPS) is 17.6. The van der Waals surface area contributed by atoms with Crippen molar-refractivity contribution in [1.29, 1.82) is 0 Å². The molecule has 2 aromatic heterocycles. The number of piperidine rings is 1. The number of allylic oxidation sites excluding steroid dienone is 1. The minimum absolute atomic E-state index is 0.250. The van der Waals surface area contributed by atoms with Crippen LogP contribution in [0.5, 0.6) is 0 Å². The van der Waals surface area contributed by atoms with E-state index in [0.717, 1.165) is 65.6 Å². The van der Waals surface area contributed by atoms with Crippen molar-refractivity contribution in [3.05, 3.63) is 71.6 Å². The Morgan fingerprint density at radius 3 is 2.58 bits per heavy atom. The fraction of sp³-hybridized carbons (Fsp3) is 0.407. The van der Waals surface area contributed by atoms with Crippen molar-refractivity contribution in [3.8, 4) is 11.3 Å². The van der Waals surface area contributed by atoms with Gasteiger partial charge in [0.05, 0.1) is 31.3 Å². The summed E-state index contributed by atoms with van der Waals surface area (Å²) in [6.45, 7) is 9.82. The number of ether oxygens (including phenoxy) is 2. The van der Waals surface area contributed by atoms with E-state index in [1.54, 1.807) is 23.5 Å². The SMILES string of the molecule is C=C(CC)/N=c1/ccc(N2CCC3(CC2)OCCO3)cn1CN(C)c1nc(-c2ccc(F)cc2)cs1. The summed E-state index contributed by atoms with van der Waals surface area (Å²) in [6, 6.07) is 10.6. The van der Waals surface area contributed by atoms with Gasteiger partial charge in [0, 0.05) is 55.8 Å². The van der Waals surface area contributed by atoms with E-state index in [0.29, 0.717) is 19.9 Å². The fourth-order valence-corrected chi connectivity index (χ4v) is 5.34. The number of pyridine rings is 1.